The highest BCUT2D eigenvalue weighted by molar-refractivity contribution is 5.93. The van der Waals surface area contributed by atoms with E-state index in [-0.39, 0.29) is 18.2 Å². The van der Waals surface area contributed by atoms with Gasteiger partial charge in [0, 0.05) is 12.2 Å². The van der Waals surface area contributed by atoms with Crippen molar-refractivity contribution in [3.63, 3.8) is 0 Å². The fraction of sp³-hybridized carbons (Fsp3) is 0.700. The zero-order valence-corrected chi connectivity index (χ0v) is 8.88. The normalized spacial score (nSPS) is 12.2. The first-order valence-electron chi connectivity index (χ1n) is 4.86. The molecule has 0 aliphatic carbocycles. The number of ether oxygens (including phenoxy) is 1. The van der Waals surface area contributed by atoms with E-state index in [0.717, 1.165) is 6.42 Å². The molecule has 0 aromatic carbocycles. The third kappa shape index (κ3) is 4.99. The van der Waals surface area contributed by atoms with Crippen molar-refractivity contribution in [3.05, 3.63) is 12.2 Å². The van der Waals surface area contributed by atoms with Crippen molar-refractivity contribution in [3.8, 4) is 0 Å². The minimum atomic E-state index is -0.763. The molecule has 0 aromatic heterocycles. The number of aliphatic hydroxyl groups excluding tert-OH is 1. The van der Waals surface area contributed by atoms with Gasteiger partial charge in [0.05, 0.1) is 6.10 Å². The van der Waals surface area contributed by atoms with Gasteiger partial charge >= 0.3 is 0 Å². The summed E-state index contributed by atoms with van der Waals surface area (Å²) in [4.78, 5) is 11.3. The van der Waals surface area contributed by atoms with Crippen molar-refractivity contribution in [2.75, 3.05) is 13.3 Å². The van der Waals surface area contributed by atoms with Gasteiger partial charge in [0.2, 0.25) is 0 Å². The lowest BCUT2D eigenvalue weighted by Gasteiger charge is -2.11. The molecule has 0 fully saturated rings. The largest absolute Gasteiger partial charge is 0.388 e. The van der Waals surface area contributed by atoms with E-state index in [1.165, 1.54) is 0 Å². The lowest BCUT2D eigenvalue weighted by molar-refractivity contribution is -0.120. The molecule has 0 bridgehead atoms. The highest BCUT2D eigenvalue weighted by Gasteiger charge is 2.13. The molecular weight excluding hydrogens is 182 g/mol. The monoisotopic (exact) mass is 201 g/mol. The molecule has 0 saturated heterocycles. The zero-order chi connectivity index (χ0) is 11.0. The fourth-order valence-electron chi connectivity index (χ4n) is 0.844. The lowest BCUT2D eigenvalue weighted by atomic mass is 10.1. The average Bonchev–Trinajstić information content (AvgIpc) is 2.21. The van der Waals surface area contributed by atoms with Crippen LogP contribution in [0.5, 0.6) is 0 Å². The Kier molecular flexibility index (Phi) is 7.06. The first-order chi connectivity index (χ1) is 6.63. The number of nitrogens with one attached hydrogen (secondary N) is 1. The third-order valence-corrected chi connectivity index (χ3v) is 1.76. The SMILES string of the molecule is C=C(C(=O)NCOCCC)C(O)CC. The van der Waals surface area contributed by atoms with E-state index in [1.54, 1.807) is 6.92 Å². The Labute approximate surface area is 85.0 Å². The second-order valence-corrected chi connectivity index (χ2v) is 3.01. The minimum absolute atomic E-state index is 0.169. The van der Waals surface area contributed by atoms with Gasteiger partial charge in [0.25, 0.3) is 5.91 Å². The summed E-state index contributed by atoms with van der Waals surface area (Å²) < 4.78 is 5.06. The van der Waals surface area contributed by atoms with Crippen LogP contribution in [0.3, 0.4) is 0 Å². The molecule has 0 aliphatic rings. The molecule has 0 saturated carbocycles. The van der Waals surface area contributed by atoms with Crippen LogP contribution in [0.1, 0.15) is 26.7 Å². The van der Waals surface area contributed by atoms with Gasteiger partial charge in [-0.05, 0) is 12.8 Å². The topological polar surface area (TPSA) is 58.6 Å². The molecule has 0 rings (SSSR count). The van der Waals surface area contributed by atoms with Crippen LogP contribution < -0.4 is 5.32 Å². The molecule has 1 unspecified atom stereocenters. The maximum atomic E-state index is 11.3. The summed E-state index contributed by atoms with van der Waals surface area (Å²) in [6.07, 6.45) is 0.636. The van der Waals surface area contributed by atoms with Crippen molar-refractivity contribution < 1.29 is 14.6 Å². The molecule has 82 valence electrons. The van der Waals surface area contributed by atoms with Gasteiger partial charge in [0.1, 0.15) is 6.73 Å². The van der Waals surface area contributed by atoms with Crippen LogP contribution in [0.4, 0.5) is 0 Å². The van der Waals surface area contributed by atoms with E-state index < -0.39 is 6.10 Å². The predicted molar refractivity (Wildman–Crippen MR) is 54.7 cm³/mol. The molecule has 0 heterocycles. The first kappa shape index (κ1) is 13.1. The number of rotatable bonds is 7. The predicted octanol–water partition coefficient (Wildman–Crippen LogP) is 0.814. The van der Waals surface area contributed by atoms with Gasteiger partial charge in [-0.1, -0.05) is 20.4 Å². The van der Waals surface area contributed by atoms with Gasteiger partial charge < -0.3 is 15.2 Å². The Hall–Kier alpha value is -0.870. The summed E-state index contributed by atoms with van der Waals surface area (Å²) in [5.74, 6) is -0.351. The fourth-order valence-corrected chi connectivity index (χ4v) is 0.844. The maximum absolute atomic E-state index is 11.3. The smallest absolute Gasteiger partial charge is 0.251 e. The molecule has 4 nitrogen and oxygen atoms in total. The van der Waals surface area contributed by atoms with Crippen molar-refractivity contribution in [1.29, 1.82) is 0 Å². The van der Waals surface area contributed by atoms with E-state index in [0.29, 0.717) is 13.0 Å². The molecule has 1 amide bonds. The number of hydrogen-bond donors (Lipinski definition) is 2. The van der Waals surface area contributed by atoms with Crippen LogP contribution >= 0.6 is 0 Å². The van der Waals surface area contributed by atoms with E-state index in [1.807, 2.05) is 6.92 Å². The van der Waals surface area contributed by atoms with Crippen LogP contribution in [0.15, 0.2) is 12.2 Å². The molecule has 0 radical (unpaired) electrons. The molecular formula is C10H19NO3. The van der Waals surface area contributed by atoms with Crippen LogP contribution in [0.2, 0.25) is 0 Å². The number of aliphatic hydroxyl groups is 1. The van der Waals surface area contributed by atoms with Crippen molar-refractivity contribution in [1.82, 2.24) is 5.32 Å². The highest BCUT2D eigenvalue weighted by atomic mass is 16.5. The Morgan fingerprint density at radius 2 is 2.21 bits per heavy atom. The van der Waals surface area contributed by atoms with E-state index in [9.17, 15) is 9.90 Å². The van der Waals surface area contributed by atoms with Crippen molar-refractivity contribution in [2.45, 2.75) is 32.8 Å². The summed E-state index contributed by atoms with van der Waals surface area (Å²) in [5, 5.41) is 11.8. The molecule has 14 heavy (non-hydrogen) atoms. The molecule has 2 N–H and O–H groups in total. The summed E-state index contributed by atoms with van der Waals surface area (Å²) >= 11 is 0. The van der Waals surface area contributed by atoms with Gasteiger partial charge in [0.15, 0.2) is 0 Å². The third-order valence-electron chi connectivity index (χ3n) is 1.76. The number of amides is 1. The van der Waals surface area contributed by atoms with Crippen LogP contribution in [-0.4, -0.2) is 30.5 Å². The second-order valence-electron chi connectivity index (χ2n) is 3.01. The van der Waals surface area contributed by atoms with Gasteiger partial charge in [-0.15, -0.1) is 0 Å². The standard InChI is InChI=1S/C10H19NO3/c1-4-6-14-7-11-10(13)8(3)9(12)5-2/h9,12H,3-7H2,1-2H3,(H,11,13). The Morgan fingerprint density at radius 3 is 2.71 bits per heavy atom. The van der Waals surface area contributed by atoms with Crippen LogP contribution in [0, 0.1) is 0 Å². The zero-order valence-electron chi connectivity index (χ0n) is 8.88. The molecule has 0 aromatic rings. The van der Waals surface area contributed by atoms with Crippen molar-refractivity contribution in [2.24, 2.45) is 0 Å². The quantitative estimate of drug-likeness (QED) is 0.364. The molecule has 1 atom stereocenters. The molecule has 0 aliphatic heterocycles. The highest BCUT2D eigenvalue weighted by Crippen LogP contribution is 2.02. The second kappa shape index (κ2) is 7.53. The number of hydrogen-bond acceptors (Lipinski definition) is 3. The summed E-state index contributed by atoms with van der Waals surface area (Å²) in [6, 6.07) is 0. The Bertz CT molecular complexity index is 192. The lowest BCUT2D eigenvalue weighted by Crippen LogP contribution is -2.31. The Morgan fingerprint density at radius 1 is 1.57 bits per heavy atom. The molecule has 4 heteroatoms. The minimum Gasteiger partial charge on any atom is -0.388 e. The van der Waals surface area contributed by atoms with Crippen LogP contribution in [-0.2, 0) is 9.53 Å². The summed E-state index contributed by atoms with van der Waals surface area (Å²) in [6.45, 7) is 8.07. The summed E-state index contributed by atoms with van der Waals surface area (Å²) in [5.41, 5.74) is 0.188. The number of carbonyl (C=O) groups is 1. The van der Waals surface area contributed by atoms with E-state index in [2.05, 4.69) is 11.9 Å². The van der Waals surface area contributed by atoms with Crippen LogP contribution in [0.25, 0.3) is 0 Å². The average molecular weight is 201 g/mol. The van der Waals surface area contributed by atoms with Crippen molar-refractivity contribution >= 4 is 5.91 Å². The number of carbonyl (C=O) groups excluding carboxylic acids is 1. The van der Waals surface area contributed by atoms with E-state index in [4.69, 9.17) is 4.74 Å². The van der Waals surface area contributed by atoms with Gasteiger partial charge in [-0.25, -0.2) is 0 Å². The van der Waals surface area contributed by atoms with Gasteiger partial charge in [-0.3, -0.25) is 4.79 Å². The maximum Gasteiger partial charge on any atom is 0.251 e. The Balaban J connectivity index is 3.68. The van der Waals surface area contributed by atoms with E-state index >= 15 is 0 Å². The van der Waals surface area contributed by atoms with Gasteiger partial charge in [-0.2, -0.15) is 0 Å². The first-order valence-corrected chi connectivity index (χ1v) is 4.86. The molecule has 0 spiro atoms. The summed E-state index contributed by atoms with van der Waals surface area (Å²) in [7, 11) is 0.